The van der Waals surface area contributed by atoms with Crippen molar-refractivity contribution in [2.45, 2.75) is 83.7 Å². The van der Waals surface area contributed by atoms with Crippen molar-refractivity contribution >= 4 is 17.8 Å². The van der Waals surface area contributed by atoms with Gasteiger partial charge in [0.1, 0.15) is 17.1 Å². The number of rotatable bonds is 6. The number of carbonyl (C=O) groups excluding carboxylic acids is 3. The first-order valence-corrected chi connectivity index (χ1v) is 11.5. The fourth-order valence-corrected chi connectivity index (χ4v) is 5.14. The number of ether oxygens (including phenoxy) is 1. The van der Waals surface area contributed by atoms with Crippen LogP contribution in [0.25, 0.3) is 0 Å². The van der Waals surface area contributed by atoms with E-state index in [0.717, 1.165) is 36.8 Å². The van der Waals surface area contributed by atoms with Crippen molar-refractivity contribution in [3.8, 4) is 11.5 Å². The zero-order chi connectivity index (χ0) is 23.0. The molecule has 0 radical (unpaired) electrons. The van der Waals surface area contributed by atoms with Crippen LogP contribution in [0.15, 0.2) is 23.8 Å². The molecular weight excluding hydrogens is 410 g/mol. The third kappa shape index (κ3) is 4.12. The number of unbranched alkanes of at least 4 members (excludes halogenated alkanes) is 2. The predicted molar refractivity (Wildman–Crippen MR) is 117 cm³/mol. The molecule has 1 saturated heterocycles. The normalized spacial score (nSPS) is 23.8. The highest BCUT2D eigenvalue weighted by Crippen LogP contribution is 2.54. The number of allylic oxidation sites excluding steroid dienone is 1. The number of aryl methyl sites for hydroxylation is 1. The molecule has 7 heteroatoms. The Kier molecular flexibility index (Phi) is 6.01. The number of hydrogen-bond donors (Lipinski definition) is 1. The van der Waals surface area contributed by atoms with E-state index in [1.54, 1.807) is 6.08 Å². The van der Waals surface area contributed by atoms with E-state index in [4.69, 9.17) is 9.57 Å². The lowest BCUT2D eigenvalue weighted by molar-refractivity contribution is -0.194. The Hall–Kier alpha value is -2.83. The topological polar surface area (TPSA) is 93.1 Å². The van der Waals surface area contributed by atoms with Crippen molar-refractivity contribution in [1.29, 1.82) is 0 Å². The van der Waals surface area contributed by atoms with Crippen molar-refractivity contribution in [2.24, 2.45) is 5.92 Å². The van der Waals surface area contributed by atoms with Gasteiger partial charge in [0.05, 0.1) is 0 Å². The smallest absolute Gasteiger partial charge is 0.359 e. The van der Waals surface area contributed by atoms with Crippen LogP contribution in [0.2, 0.25) is 0 Å². The van der Waals surface area contributed by atoms with Gasteiger partial charge in [-0.15, -0.1) is 5.06 Å². The lowest BCUT2D eigenvalue weighted by Gasteiger charge is -2.47. The molecule has 172 valence electrons. The maximum Gasteiger partial charge on any atom is 0.359 e. The number of amides is 2. The molecule has 0 aromatic heterocycles. The Balaban J connectivity index is 1.59. The summed E-state index contributed by atoms with van der Waals surface area (Å²) in [5, 5.41) is 11.5. The first-order valence-electron chi connectivity index (χ1n) is 11.5. The maximum atomic E-state index is 12.7. The van der Waals surface area contributed by atoms with E-state index < -0.39 is 23.4 Å². The molecular formula is C25H31NO6. The molecule has 1 N–H and O–H groups in total. The van der Waals surface area contributed by atoms with Crippen molar-refractivity contribution in [2.75, 3.05) is 0 Å². The number of benzene rings is 1. The average Bonchev–Trinajstić information content (AvgIpc) is 3.05. The number of carbonyl (C=O) groups is 3. The van der Waals surface area contributed by atoms with Crippen LogP contribution >= 0.6 is 0 Å². The van der Waals surface area contributed by atoms with Gasteiger partial charge in [0.15, 0.2) is 0 Å². The zero-order valence-electron chi connectivity index (χ0n) is 19.0. The Morgan fingerprint density at radius 1 is 1.22 bits per heavy atom. The average molecular weight is 442 g/mol. The molecule has 1 fully saturated rings. The van der Waals surface area contributed by atoms with E-state index in [1.807, 2.05) is 26.0 Å². The summed E-state index contributed by atoms with van der Waals surface area (Å²) in [7, 11) is 0. The number of phenols is 1. The van der Waals surface area contributed by atoms with Gasteiger partial charge in [-0.05, 0) is 57.2 Å². The largest absolute Gasteiger partial charge is 0.508 e. The summed E-state index contributed by atoms with van der Waals surface area (Å²) in [4.78, 5) is 41.5. The third-order valence-electron chi connectivity index (χ3n) is 6.87. The van der Waals surface area contributed by atoms with Crippen molar-refractivity contribution in [3.05, 3.63) is 34.9 Å². The van der Waals surface area contributed by atoms with Gasteiger partial charge < -0.3 is 14.7 Å². The standard InChI is InChI=1S/C25H31NO6/c1-4-5-6-7-15-12-19(27)23-17-14-16(24(30)32-26-21(28)10-11-22(26)29)8-9-18(17)25(2,3)31-20(23)13-15/h8,12-13,17-18,27H,4-7,9-11,14H2,1-3H3. The second kappa shape index (κ2) is 8.60. The van der Waals surface area contributed by atoms with Crippen LogP contribution < -0.4 is 4.74 Å². The molecule has 2 unspecified atom stereocenters. The highest BCUT2D eigenvalue weighted by molar-refractivity contribution is 6.02. The Bertz CT molecular complexity index is 963. The lowest BCUT2D eigenvalue weighted by atomic mass is 9.67. The Labute approximate surface area is 188 Å². The molecule has 2 atom stereocenters. The van der Waals surface area contributed by atoms with Crippen LogP contribution in [0, 0.1) is 5.92 Å². The number of aromatic hydroxyl groups is 1. The van der Waals surface area contributed by atoms with E-state index in [9.17, 15) is 19.5 Å². The highest BCUT2D eigenvalue weighted by atomic mass is 16.7. The fourth-order valence-electron chi connectivity index (χ4n) is 5.14. The van der Waals surface area contributed by atoms with Gasteiger partial charge >= 0.3 is 5.97 Å². The van der Waals surface area contributed by atoms with Crippen LogP contribution in [0.3, 0.4) is 0 Å². The Morgan fingerprint density at radius 2 is 1.94 bits per heavy atom. The molecule has 2 aliphatic heterocycles. The molecule has 4 rings (SSSR count). The van der Waals surface area contributed by atoms with Crippen LogP contribution in [0.4, 0.5) is 0 Å². The van der Waals surface area contributed by atoms with Gasteiger partial charge in [-0.1, -0.05) is 25.8 Å². The van der Waals surface area contributed by atoms with Crippen LogP contribution in [0.5, 0.6) is 11.5 Å². The summed E-state index contributed by atoms with van der Waals surface area (Å²) in [5.41, 5.74) is 1.70. The van der Waals surface area contributed by atoms with Crippen LogP contribution in [-0.2, 0) is 25.6 Å². The van der Waals surface area contributed by atoms with Gasteiger partial charge in [-0.25, -0.2) is 4.79 Å². The number of nitrogens with zero attached hydrogens (tertiary/aromatic N) is 1. The van der Waals surface area contributed by atoms with Gasteiger partial charge in [0.25, 0.3) is 11.8 Å². The Morgan fingerprint density at radius 3 is 2.62 bits per heavy atom. The molecule has 2 amide bonds. The van der Waals surface area contributed by atoms with Crippen molar-refractivity contribution in [1.82, 2.24) is 5.06 Å². The van der Waals surface area contributed by atoms with Gasteiger partial charge in [-0.2, -0.15) is 0 Å². The molecule has 1 aromatic rings. The zero-order valence-corrected chi connectivity index (χ0v) is 19.0. The minimum atomic E-state index is -0.687. The lowest BCUT2D eigenvalue weighted by Crippen LogP contribution is -2.46. The maximum absolute atomic E-state index is 12.7. The van der Waals surface area contributed by atoms with E-state index >= 15 is 0 Å². The summed E-state index contributed by atoms with van der Waals surface area (Å²) in [6, 6.07) is 3.83. The summed E-state index contributed by atoms with van der Waals surface area (Å²) in [6.07, 6.45) is 7.03. The molecule has 32 heavy (non-hydrogen) atoms. The first-order chi connectivity index (χ1) is 15.2. The number of hydrogen-bond acceptors (Lipinski definition) is 6. The minimum absolute atomic E-state index is 0.0588. The molecule has 0 spiro atoms. The number of phenolic OH excluding ortho intramolecular Hbond substituents is 1. The molecule has 1 aliphatic carbocycles. The molecule has 3 aliphatic rings. The minimum Gasteiger partial charge on any atom is -0.508 e. The van der Waals surface area contributed by atoms with Crippen LogP contribution in [-0.4, -0.2) is 33.6 Å². The summed E-state index contributed by atoms with van der Waals surface area (Å²) < 4.78 is 6.35. The van der Waals surface area contributed by atoms with Crippen molar-refractivity contribution < 1.29 is 29.1 Å². The quantitative estimate of drug-likeness (QED) is 0.522. The number of hydroxylamine groups is 2. The summed E-state index contributed by atoms with van der Waals surface area (Å²) in [6.45, 7) is 6.23. The fraction of sp³-hybridized carbons (Fsp3) is 0.560. The highest BCUT2D eigenvalue weighted by Gasteiger charge is 2.47. The van der Waals surface area contributed by atoms with Gasteiger partial charge in [-0.3, -0.25) is 9.59 Å². The van der Waals surface area contributed by atoms with E-state index in [1.165, 1.54) is 0 Å². The monoisotopic (exact) mass is 441 g/mol. The SMILES string of the molecule is CCCCCc1cc(O)c2c(c1)OC(C)(C)C1CC=C(C(=O)ON3C(=O)CCC3=O)CC21. The molecule has 1 aromatic carbocycles. The van der Waals surface area contributed by atoms with E-state index in [-0.39, 0.29) is 30.4 Å². The molecule has 7 nitrogen and oxygen atoms in total. The molecule has 0 saturated carbocycles. The number of fused-ring (bicyclic) bond motifs is 3. The second-order valence-corrected chi connectivity index (χ2v) is 9.53. The van der Waals surface area contributed by atoms with E-state index in [2.05, 4.69) is 6.92 Å². The third-order valence-corrected chi connectivity index (χ3v) is 6.87. The summed E-state index contributed by atoms with van der Waals surface area (Å²) in [5.74, 6) is -0.879. The molecule has 2 heterocycles. The second-order valence-electron chi connectivity index (χ2n) is 9.53. The van der Waals surface area contributed by atoms with E-state index in [0.29, 0.717) is 29.2 Å². The van der Waals surface area contributed by atoms with Gasteiger partial charge in [0, 0.05) is 35.8 Å². The summed E-state index contributed by atoms with van der Waals surface area (Å²) >= 11 is 0. The van der Waals surface area contributed by atoms with Crippen molar-refractivity contribution in [3.63, 3.8) is 0 Å². The van der Waals surface area contributed by atoms with Crippen LogP contribution in [0.1, 0.15) is 82.8 Å². The predicted octanol–water partition coefficient (Wildman–Crippen LogP) is 4.32. The molecule has 0 bridgehead atoms. The van der Waals surface area contributed by atoms with Gasteiger partial charge in [0.2, 0.25) is 0 Å². The first kappa shape index (κ1) is 22.4. The number of imide groups is 1.